The number of nitrogens with zero attached hydrogens (tertiary/aromatic N) is 4. The fraction of sp³-hybridized carbons (Fsp3) is 0.812. The summed E-state index contributed by atoms with van der Waals surface area (Å²) >= 11 is 0. The topological polar surface area (TPSA) is 87.4 Å². The van der Waals surface area contributed by atoms with Gasteiger partial charge in [-0.3, -0.25) is 4.99 Å². The first kappa shape index (κ1) is 16.2. The van der Waals surface area contributed by atoms with E-state index in [0.29, 0.717) is 12.6 Å². The van der Waals surface area contributed by atoms with Crippen molar-refractivity contribution in [1.82, 2.24) is 25.4 Å². The monoisotopic (exact) mass is 320 g/mol. The minimum absolute atomic E-state index is 0.294. The van der Waals surface area contributed by atoms with Crippen molar-refractivity contribution in [1.29, 1.82) is 0 Å². The van der Waals surface area contributed by atoms with Gasteiger partial charge in [-0.15, -0.1) is 0 Å². The molecule has 0 aromatic carbocycles. The summed E-state index contributed by atoms with van der Waals surface area (Å²) in [7, 11) is 0. The van der Waals surface area contributed by atoms with Crippen LogP contribution in [0.2, 0.25) is 0 Å². The van der Waals surface area contributed by atoms with Gasteiger partial charge in [-0.25, -0.2) is 9.67 Å². The standard InChI is InChI=1S/C16H28N6O/c1-2-17-15(18-11-16(23)8-4-3-5-9-16)21-13-6-7-14-19-12-20-22(14)10-13/h12-13,23H,2-11H2,1H3,(H2,17,18,21). The molecular weight excluding hydrogens is 292 g/mol. The molecule has 3 N–H and O–H groups in total. The van der Waals surface area contributed by atoms with Gasteiger partial charge in [0, 0.05) is 19.0 Å². The number of guanidine groups is 1. The lowest BCUT2D eigenvalue weighted by atomic mass is 9.85. The molecular formula is C16H28N6O. The van der Waals surface area contributed by atoms with Crippen LogP contribution in [0.25, 0.3) is 0 Å². The molecule has 2 aliphatic rings. The Balaban J connectivity index is 1.59. The second-order valence-electron chi connectivity index (χ2n) is 6.72. The van der Waals surface area contributed by atoms with E-state index < -0.39 is 5.60 Å². The normalized spacial score (nSPS) is 24.1. The number of aromatic nitrogens is 3. The number of fused-ring (bicyclic) bond motifs is 1. The first-order valence-corrected chi connectivity index (χ1v) is 8.82. The molecule has 1 aromatic rings. The minimum atomic E-state index is -0.619. The second kappa shape index (κ2) is 7.29. The highest BCUT2D eigenvalue weighted by molar-refractivity contribution is 5.80. The molecule has 0 saturated heterocycles. The zero-order valence-corrected chi connectivity index (χ0v) is 14.0. The fourth-order valence-electron chi connectivity index (χ4n) is 3.46. The highest BCUT2D eigenvalue weighted by Gasteiger charge is 2.29. The molecule has 1 aliphatic heterocycles. The summed E-state index contributed by atoms with van der Waals surface area (Å²) in [6.45, 7) is 4.15. The Morgan fingerprint density at radius 1 is 1.43 bits per heavy atom. The highest BCUT2D eigenvalue weighted by Crippen LogP contribution is 2.28. The van der Waals surface area contributed by atoms with E-state index in [4.69, 9.17) is 0 Å². The number of aryl methyl sites for hydroxylation is 1. The van der Waals surface area contributed by atoms with Gasteiger partial charge < -0.3 is 15.7 Å². The van der Waals surface area contributed by atoms with E-state index in [-0.39, 0.29) is 0 Å². The van der Waals surface area contributed by atoms with E-state index >= 15 is 0 Å². The van der Waals surface area contributed by atoms with Gasteiger partial charge in [0.1, 0.15) is 12.2 Å². The number of rotatable bonds is 4. The Hall–Kier alpha value is -1.63. The maximum absolute atomic E-state index is 10.6. The van der Waals surface area contributed by atoms with Crippen molar-refractivity contribution in [2.24, 2.45) is 4.99 Å². The number of nitrogens with one attached hydrogen (secondary N) is 2. The zero-order chi connectivity index (χ0) is 16.1. The quantitative estimate of drug-likeness (QED) is 0.565. The maximum atomic E-state index is 10.6. The van der Waals surface area contributed by atoms with Crippen LogP contribution in [-0.2, 0) is 13.0 Å². The summed E-state index contributed by atoms with van der Waals surface area (Å²) in [6.07, 6.45) is 8.74. The van der Waals surface area contributed by atoms with Crippen LogP contribution in [-0.4, -0.2) is 50.6 Å². The van der Waals surface area contributed by atoms with Crippen LogP contribution in [0.4, 0.5) is 0 Å². The van der Waals surface area contributed by atoms with Crippen LogP contribution >= 0.6 is 0 Å². The third-order valence-corrected chi connectivity index (χ3v) is 4.81. The summed E-state index contributed by atoms with van der Waals surface area (Å²) in [6, 6.07) is 0.294. The van der Waals surface area contributed by atoms with Crippen LogP contribution < -0.4 is 10.6 Å². The third-order valence-electron chi connectivity index (χ3n) is 4.81. The van der Waals surface area contributed by atoms with Crippen molar-refractivity contribution in [3.63, 3.8) is 0 Å². The average molecular weight is 320 g/mol. The van der Waals surface area contributed by atoms with Gasteiger partial charge in [0.05, 0.1) is 18.7 Å². The number of aliphatic imine (C=N–C) groups is 1. The lowest BCUT2D eigenvalue weighted by Crippen LogP contribution is -2.48. The molecule has 23 heavy (non-hydrogen) atoms. The molecule has 128 valence electrons. The van der Waals surface area contributed by atoms with Gasteiger partial charge in [-0.2, -0.15) is 5.10 Å². The smallest absolute Gasteiger partial charge is 0.191 e. The van der Waals surface area contributed by atoms with Crippen molar-refractivity contribution >= 4 is 5.96 Å². The molecule has 1 aromatic heterocycles. The highest BCUT2D eigenvalue weighted by atomic mass is 16.3. The average Bonchev–Trinajstić information content (AvgIpc) is 3.01. The van der Waals surface area contributed by atoms with Gasteiger partial charge in [0.2, 0.25) is 0 Å². The molecule has 1 fully saturated rings. The van der Waals surface area contributed by atoms with Crippen molar-refractivity contribution in [2.75, 3.05) is 13.1 Å². The van der Waals surface area contributed by atoms with Gasteiger partial charge in [0.15, 0.2) is 5.96 Å². The molecule has 0 bridgehead atoms. The summed E-state index contributed by atoms with van der Waals surface area (Å²) in [5, 5.41) is 21.6. The molecule has 1 saturated carbocycles. The van der Waals surface area contributed by atoms with Crippen LogP contribution in [0.1, 0.15) is 51.3 Å². The van der Waals surface area contributed by atoms with E-state index in [2.05, 4.69) is 32.6 Å². The van der Waals surface area contributed by atoms with Crippen LogP contribution in [0, 0.1) is 0 Å². The van der Waals surface area contributed by atoms with Crippen LogP contribution in [0.15, 0.2) is 11.3 Å². The van der Waals surface area contributed by atoms with Crippen molar-refractivity contribution in [3.8, 4) is 0 Å². The van der Waals surface area contributed by atoms with E-state index in [1.54, 1.807) is 6.33 Å². The summed E-state index contributed by atoms with van der Waals surface area (Å²) in [5.74, 6) is 1.85. The molecule has 7 heteroatoms. The molecule has 0 radical (unpaired) electrons. The van der Waals surface area contributed by atoms with Crippen molar-refractivity contribution in [2.45, 2.75) is 70.1 Å². The van der Waals surface area contributed by atoms with Gasteiger partial charge in [-0.05, 0) is 26.2 Å². The fourth-order valence-corrected chi connectivity index (χ4v) is 3.46. The lowest BCUT2D eigenvalue weighted by Gasteiger charge is -2.31. The predicted molar refractivity (Wildman–Crippen MR) is 89.3 cm³/mol. The molecule has 1 aliphatic carbocycles. The van der Waals surface area contributed by atoms with Crippen molar-refractivity contribution < 1.29 is 5.11 Å². The Labute approximate surface area is 137 Å². The number of hydrogen-bond donors (Lipinski definition) is 3. The van der Waals surface area contributed by atoms with Gasteiger partial charge in [-0.1, -0.05) is 19.3 Å². The van der Waals surface area contributed by atoms with E-state index in [9.17, 15) is 5.11 Å². The van der Waals surface area contributed by atoms with E-state index in [0.717, 1.165) is 63.4 Å². The van der Waals surface area contributed by atoms with Gasteiger partial charge in [0.25, 0.3) is 0 Å². The third kappa shape index (κ3) is 4.22. The molecule has 2 heterocycles. The maximum Gasteiger partial charge on any atom is 0.191 e. The molecule has 0 amide bonds. The largest absolute Gasteiger partial charge is 0.388 e. The van der Waals surface area contributed by atoms with E-state index in [1.807, 2.05) is 4.68 Å². The van der Waals surface area contributed by atoms with Crippen molar-refractivity contribution in [3.05, 3.63) is 12.2 Å². The van der Waals surface area contributed by atoms with Crippen LogP contribution in [0.5, 0.6) is 0 Å². The first-order chi connectivity index (χ1) is 11.2. The molecule has 1 atom stereocenters. The Morgan fingerprint density at radius 3 is 3.04 bits per heavy atom. The first-order valence-electron chi connectivity index (χ1n) is 8.82. The van der Waals surface area contributed by atoms with Crippen LogP contribution in [0.3, 0.4) is 0 Å². The molecule has 1 unspecified atom stereocenters. The summed E-state index contributed by atoms with van der Waals surface area (Å²) in [4.78, 5) is 8.90. The number of hydrogen-bond acceptors (Lipinski definition) is 4. The number of aliphatic hydroxyl groups is 1. The lowest BCUT2D eigenvalue weighted by molar-refractivity contribution is 0.0131. The molecule has 7 nitrogen and oxygen atoms in total. The zero-order valence-electron chi connectivity index (χ0n) is 14.0. The Bertz CT molecular complexity index is 534. The Morgan fingerprint density at radius 2 is 2.26 bits per heavy atom. The second-order valence-corrected chi connectivity index (χ2v) is 6.72. The SMILES string of the molecule is CCNC(=NCC1(O)CCCCC1)NC1CCc2ncnn2C1. The molecule has 0 spiro atoms. The minimum Gasteiger partial charge on any atom is -0.388 e. The van der Waals surface area contributed by atoms with Gasteiger partial charge >= 0.3 is 0 Å². The summed E-state index contributed by atoms with van der Waals surface area (Å²) in [5.41, 5.74) is -0.619. The van der Waals surface area contributed by atoms with E-state index in [1.165, 1.54) is 6.42 Å². The summed E-state index contributed by atoms with van der Waals surface area (Å²) < 4.78 is 1.96. The molecule has 3 rings (SSSR count). The predicted octanol–water partition coefficient (Wildman–Crippen LogP) is 0.843. The Kier molecular flexibility index (Phi) is 5.15.